The SMILES string of the molecule is CC(Nc1ncnc(Cl)c1Br)C1CC2CCC1C2. The van der Waals surface area contributed by atoms with E-state index in [1.54, 1.807) is 0 Å². The van der Waals surface area contributed by atoms with E-state index in [0.29, 0.717) is 11.2 Å². The summed E-state index contributed by atoms with van der Waals surface area (Å²) in [6.45, 7) is 2.26. The van der Waals surface area contributed by atoms with E-state index in [-0.39, 0.29) is 0 Å². The first-order chi connectivity index (χ1) is 8.65. The molecule has 0 aromatic carbocycles. The lowest BCUT2D eigenvalue weighted by atomic mass is 9.84. The molecule has 0 spiro atoms. The standard InChI is InChI=1S/C13H17BrClN3/c1-7(10-5-8-2-3-9(10)4-8)18-13-11(14)12(15)16-6-17-13/h6-10H,2-5H2,1H3,(H,16,17,18). The predicted molar refractivity (Wildman–Crippen MR) is 76.8 cm³/mol. The Bertz CT molecular complexity index is 454. The Morgan fingerprint density at radius 1 is 1.39 bits per heavy atom. The van der Waals surface area contributed by atoms with Crippen molar-refractivity contribution in [2.45, 2.75) is 38.6 Å². The molecule has 2 bridgehead atoms. The van der Waals surface area contributed by atoms with Crippen LogP contribution in [0.2, 0.25) is 5.15 Å². The fraction of sp³-hybridized carbons (Fsp3) is 0.692. The number of anilines is 1. The van der Waals surface area contributed by atoms with E-state index in [1.807, 2.05) is 0 Å². The van der Waals surface area contributed by atoms with Gasteiger partial charge in [0.15, 0.2) is 0 Å². The Labute approximate surface area is 121 Å². The zero-order valence-corrected chi connectivity index (χ0v) is 12.7. The van der Waals surface area contributed by atoms with Gasteiger partial charge in [-0.05, 0) is 59.9 Å². The second-order valence-electron chi connectivity index (χ2n) is 5.60. The smallest absolute Gasteiger partial charge is 0.148 e. The number of hydrogen-bond acceptors (Lipinski definition) is 3. The molecule has 2 aliphatic rings. The molecule has 0 aliphatic heterocycles. The highest BCUT2D eigenvalue weighted by atomic mass is 79.9. The van der Waals surface area contributed by atoms with Crippen molar-refractivity contribution in [2.75, 3.05) is 5.32 Å². The molecule has 1 heterocycles. The summed E-state index contributed by atoms with van der Waals surface area (Å²) in [4.78, 5) is 8.21. The molecule has 0 saturated heterocycles. The Morgan fingerprint density at radius 3 is 2.89 bits per heavy atom. The van der Waals surface area contributed by atoms with Gasteiger partial charge in [0.05, 0.1) is 4.47 Å². The quantitative estimate of drug-likeness (QED) is 0.847. The summed E-state index contributed by atoms with van der Waals surface area (Å²) in [5.74, 6) is 3.48. The van der Waals surface area contributed by atoms with Crippen LogP contribution in [-0.2, 0) is 0 Å². The number of rotatable bonds is 3. The van der Waals surface area contributed by atoms with E-state index in [2.05, 4.69) is 38.1 Å². The molecular weight excluding hydrogens is 314 g/mol. The molecule has 0 amide bonds. The van der Waals surface area contributed by atoms with E-state index >= 15 is 0 Å². The van der Waals surface area contributed by atoms with Crippen molar-refractivity contribution in [1.29, 1.82) is 0 Å². The molecule has 0 radical (unpaired) electrons. The minimum absolute atomic E-state index is 0.447. The van der Waals surface area contributed by atoms with Gasteiger partial charge >= 0.3 is 0 Å². The van der Waals surface area contributed by atoms with Crippen molar-refractivity contribution in [2.24, 2.45) is 17.8 Å². The van der Waals surface area contributed by atoms with Gasteiger partial charge in [-0.1, -0.05) is 18.0 Å². The molecule has 5 heteroatoms. The van der Waals surface area contributed by atoms with Crippen LogP contribution in [0.5, 0.6) is 0 Å². The van der Waals surface area contributed by atoms with Gasteiger partial charge in [0.2, 0.25) is 0 Å². The summed E-state index contributed by atoms with van der Waals surface area (Å²) >= 11 is 9.42. The molecule has 1 N–H and O–H groups in total. The molecule has 2 saturated carbocycles. The third-order valence-corrected chi connectivity index (χ3v) is 5.81. The summed E-state index contributed by atoms with van der Waals surface area (Å²) in [6.07, 6.45) is 7.16. The first kappa shape index (κ1) is 12.7. The van der Waals surface area contributed by atoms with Crippen molar-refractivity contribution in [1.82, 2.24) is 9.97 Å². The number of nitrogens with one attached hydrogen (secondary N) is 1. The molecule has 1 aromatic rings. The van der Waals surface area contributed by atoms with Gasteiger partial charge in [0, 0.05) is 6.04 Å². The molecule has 3 rings (SSSR count). The second kappa shape index (κ2) is 4.97. The van der Waals surface area contributed by atoms with Crippen LogP contribution >= 0.6 is 27.5 Å². The number of halogens is 2. The number of hydrogen-bond donors (Lipinski definition) is 1. The molecule has 18 heavy (non-hydrogen) atoms. The lowest BCUT2D eigenvalue weighted by molar-refractivity contribution is 0.304. The van der Waals surface area contributed by atoms with Crippen LogP contribution in [0.25, 0.3) is 0 Å². The van der Waals surface area contributed by atoms with E-state index < -0.39 is 0 Å². The third-order valence-electron chi connectivity index (χ3n) is 4.55. The van der Waals surface area contributed by atoms with Gasteiger partial charge < -0.3 is 5.32 Å². The summed E-state index contributed by atoms with van der Waals surface area (Å²) in [7, 11) is 0. The Morgan fingerprint density at radius 2 is 2.22 bits per heavy atom. The van der Waals surface area contributed by atoms with Crippen molar-refractivity contribution < 1.29 is 0 Å². The molecule has 4 unspecified atom stereocenters. The number of fused-ring (bicyclic) bond motifs is 2. The summed E-state index contributed by atoms with van der Waals surface area (Å²) in [6, 6.07) is 0.447. The molecule has 2 fully saturated rings. The molecule has 98 valence electrons. The molecular formula is C13H17BrClN3. The van der Waals surface area contributed by atoms with Crippen LogP contribution in [0.3, 0.4) is 0 Å². The monoisotopic (exact) mass is 329 g/mol. The van der Waals surface area contributed by atoms with Crippen molar-refractivity contribution in [3.8, 4) is 0 Å². The molecule has 4 atom stereocenters. The highest BCUT2D eigenvalue weighted by Crippen LogP contribution is 2.50. The topological polar surface area (TPSA) is 37.8 Å². The van der Waals surface area contributed by atoms with Gasteiger partial charge in [-0.3, -0.25) is 0 Å². The van der Waals surface area contributed by atoms with Crippen LogP contribution in [0.1, 0.15) is 32.6 Å². The van der Waals surface area contributed by atoms with Crippen molar-refractivity contribution in [3.63, 3.8) is 0 Å². The third kappa shape index (κ3) is 2.25. The first-order valence-electron chi connectivity index (χ1n) is 6.57. The maximum atomic E-state index is 5.98. The number of aromatic nitrogens is 2. The van der Waals surface area contributed by atoms with E-state index in [0.717, 1.165) is 28.0 Å². The Balaban J connectivity index is 1.71. The van der Waals surface area contributed by atoms with E-state index in [1.165, 1.54) is 32.0 Å². The van der Waals surface area contributed by atoms with Crippen LogP contribution in [0.4, 0.5) is 5.82 Å². The average Bonchev–Trinajstić information content (AvgIpc) is 2.97. The van der Waals surface area contributed by atoms with Crippen molar-refractivity contribution in [3.05, 3.63) is 16.0 Å². The molecule has 3 nitrogen and oxygen atoms in total. The fourth-order valence-electron chi connectivity index (χ4n) is 3.68. The van der Waals surface area contributed by atoms with Crippen LogP contribution in [-0.4, -0.2) is 16.0 Å². The second-order valence-corrected chi connectivity index (χ2v) is 6.75. The van der Waals surface area contributed by atoms with Gasteiger partial charge in [0.1, 0.15) is 17.3 Å². The van der Waals surface area contributed by atoms with Gasteiger partial charge in [-0.15, -0.1) is 0 Å². The largest absolute Gasteiger partial charge is 0.366 e. The van der Waals surface area contributed by atoms with Gasteiger partial charge in [-0.2, -0.15) is 0 Å². The van der Waals surface area contributed by atoms with Crippen LogP contribution in [0, 0.1) is 17.8 Å². The van der Waals surface area contributed by atoms with Crippen LogP contribution < -0.4 is 5.32 Å². The number of nitrogens with zero attached hydrogens (tertiary/aromatic N) is 2. The van der Waals surface area contributed by atoms with Gasteiger partial charge in [0.25, 0.3) is 0 Å². The maximum absolute atomic E-state index is 5.98. The van der Waals surface area contributed by atoms with Crippen LogP contribution in [0.15, 0.2) is 10.8 Å². The highest BCUT2D eigenvalue weighted by molar-refractivity contribution is 9.10. The fourth-order valence-corrected chi connectivity index (χ4v) is 4.13. The van der Waals surface area contributed by atoms with E-state index in [4.69, 9.17) is 11.6 Å². The van der Waals surface area contributed by atoms with Crippen molar-refractivity contribution >= 4 is 33.3 Å². The lowest BCUT2D eigenvalue weighted by Gasteiger charge is -2.29. The van der Waals surface area contributed by atoms with E-state index in [9.17, 15) is 0 Å². The lowest BCUT2D eigenvalue weighted by Crippen LogP contribution is -2.30. The maximum Gasteiger partial charge on any atom is 0.148 e. The van der Waals surface area contributed by atoms with Gasteiger partial charge in [-0.25, -0.2) is 9.97 Å². The first-order valence-corrected chi connectivity index (χ1v) is 7.74. The molecule has 2 aliphatic carbocycles. The predicted octanol–water partition coefficient (Wildman–Crippen LogP) is 4.13. The normalized spacial score (nSPS) is 31.6. The average molecular weight is 331 g/mol. The Kier molecular flexibility index (Phi) is 3.50. The summed E-state index contributed by atoms with van der Waals surface area (Å²) < 4.78 is 0.765. The Hall–Kier alpha value is -0.350. The minimum atomic E-state index is 0.447. The summed E-state index contributed by atoms with van der Waals surface area (Å²) in [5, 5.41) is 3.96. The molecule has 1 aromatic heterocycles. The zero-order chi connectivity index (χ0) is 12.7. The highest BCUT2D eigenvalue weighted by Gasteiger charge is 2.41. The minimum Gasteiger partial charge on any atom is -0.366 e. The zero-order valence-electron chi connectivity index (χ0n) is 10.4. The summed E-state index contributed by atoms with van der Waals surface area (Å²) in [5.41, 5.74) is 0.